The fourth-order valence-electron chi connectivity index (χ4n) is 1.74. The van der Waals surface area contributed by atoms with Crippen LogP contribution in [0.1, 0.15) is 6.92 Å². The minimum Gasteiger partial charge on any atom is -0.394 e. The fraction of sp³-hybridized carbons (Fsp3) is 0.667. The molecule has 0 radical (unpaired) electrons. The molecule has 1 aromatic heterocycles. The Bertz CT molecular complexity index is 600. The van der Waals surface area contributed by atoms with E-state index in [4.69, 9.17) is 10.8 Å². The highest BCUT2D eigenvalue weighted by atomic mass is 16.4. The quantitative estimate of drug-likeness (QED) is 0.218. The van der Waals surface area contributed by atoms with Gasteiger partial charge in [-0.25, -0.2) is 4.79 Å². The monoisotopic (exact) mass is 333 g/mol. The molecule has 4 atom stereocenters. The van der Waals surface area contributed by atoms with Gasteiger partial charge in [-0.05, 0) is 6.92 Å². The molecule has 1 aromatic rings. The summed E-state index contributed by atoms with van der Waals surface area (Å²) in [5.74, 6) is 0.00383. The molecule has 0 unspecified atom stereocenters. The van der Waals surface area contributed by atoms with Gasteiger partial charge in [0.25, 0.3) is 5.56 Å². The molecule has 1 heterocycles. The SMILES string of the molecule is C[C@H](N)CNc1c(NC[C@@H](O)[C@@H](O)[C@@H](O)CO)[nH]c(=O)[nH]c1=O. The Morgan fingerprint density at radius 1 is 1.09 bits per heavy atom. The Hall–Kier alpha value is -1.92. The zero-order chi connectivity index (χ0) is 17.6. The Balaban J connectivity index is 2.86. The minimum absolute atomic E-state index is 0.00383. The van der Waals surface area contributed by atoms with Crippen LogP contribution in [0, 0.1) is 0 Å². The van der Waals surface area contributed by atoms with Crippen molar-refractivity contribution in [3.05, 3.63) is 20.8 Å². The smallest absolute Gasteiger partial charge is 0.327 e. The minimum atomic E-state index is -1.60. The fourth-order valence-corrected chi connectivity index (χ4v) is 1.74. The van der Waals surface area contributed by atoms with Crippen molar-refractivity contribution in [2.45, 2.75) is 31.3 Å². The second-order valence-corrected chi connectivity index (χ2v) is 5.21. The summed E-state index contributed by atoms with van der Waals surface area (Å²) in [5, 5.41) is 42.6. The molecule has 0 saturated heterocycles. The average Bonchev–Trinajstić information content (AvgIpc) is 2.49. The Labute approximate surface area is 131 Å². The Kier molecular flexibility index (Phi) is 7.19. The van der Waals surface area contributed by atoms with Gasteiger partial charge in [0.15, 0.2) is 0 Å². The standard InChI is InChI=1S/C12H23N5O6/c1-5(13)2-14-8-10(16-12(23)17-11(8)22)15-3-6(19)9(21)7(20)4-18/h5-7,9,14,18-21H,2-4,13H2,1H3,(H3,15,16,17,22,23)/t5-,6+,7-,9+/m0/s1. The third-order valence-corrected chi connectivity index (χ3v) is 3.01. The van der Waals surface area contributed by atoms with Gasteiger partial charge in [-0.3, -0.25) is 14.8 Å². The highest BCUT2D eigenvalue weighted by Crippen LogP contribution is 2.11. The van der Waals surface area contributed by atoms with Crippen LogP contribution in [0.2, 0.25) is 0 Å². The van der Waals surface area contributed by atoms with Crippen LogP contribution in [-0.2, 0) is 0 Å². The van der Waals surface area contributed by atoms with Crippen LogP contribution in [0.3, 0.4) is 0 Å². The van der Waals surface area contributed by atoms with Crippen molar-refractivity contribution in [2.24, 2.45) is 5.73 Å². The zero-order valence-corrected chi connectivity index (χ0v) is 12.6. The van der Waals surface area contributed by atoms with Crippen LogP contribution in [-0.4, -0.2) is 74.4 Å². The molecule has 0 aromatic carbocycles. The van der Waals surface area contributed by atoms with Crippen LogP contribution in [0.5, 0.6) is 0 Å². The van der Waals surface area contributed by atoms with Crippen molar-refractivity contribution in [3.8, 4) is 0 Å². The number of nitrogens with one attached hydrogen (secondary N) is 4. The molecule has 0 fully saturated rings. The third-order valence-electron chi connectivity index (χ3n) is 3.01. The lowest BCUT2D eigenvalue weighted by Gasteiger charge is -2.22. The molecule has 0 aliphatic rings. The molecule has 11 nitrogen and oxygen atoms in total. The van der Waals surface area contributed by atoms with Gasteiger partial charge >= 0.3 is 5.69 Å². The first-order valence-corrected chi connectivity index (χ1v) is 7.01. The first kappa shape index (κ1) is 19.1. The highest BCUT2D eigenvalue weighted by Gasteiger charge is 2.24. The molecule has 0 aliphatic heterocycles. The molecule has 10 N–H and O–H groups in total. The van der Waals surface area contributed by atoms with Crippen molar-refractivity contribution in [3.63, 3.8) is 0 Å². The maximum absolute atomic E-state index is 11.8. The molecule has 0 bridgehead atoms. The molecule has 0 aliphatic carbocycles. The van der Waals surface area contributed by atoms with E-state index in [0.29, 0.717) is 0 Å². The predicted octanol–water partition coefficient (Wildman–Crippen LogP) is -3.69. The van der Waals surface area contributed by atoms with Crippen molar-refractivity contribution in [1.29, 1.82) is 0 Å². The largest absolute Gasteiger partial charge is 0.394 e. The van der Waals surface area contributed by atoms with E-state index in [9.17, 15) is 24.9 Å². The van der Waals surface area contributed by atoms with Crippen LogP contribution in [0.4, 0.5) is 11.5 Å². The number of H-pyrrole nitrogens is 2. The topological polar surface area (TPSA) is 197 Å². The first-order valence-electron chi connectivity index (χ1n) is 7.01. The number of anilines is 2. The summed E-state index contributed by atoms with van der Waals surface area (Å²) in [6, 6.07) is -0.249. The number of aromatic nitrogens is 2. The Morgan fingerprint density at radius 2 is 1.74 bits per heavy atom. The van der Waals surface area contributed by atoms with Gasteiger partial charge in [0.1, 0.15) is 23.7 Å². The summed E-state index contributed by atoms with van der Waals surface area (Å²) < 4.78 is 0. The lowest BCUT2D eigenvalue weighted by Crippen LogP contribution is -2.43. The Morgan fingerprint density at radius 3 is 2.30 bits per heavy atom. The molecular formula is C12H23N5O6. The summed E-state index contributed by atoms with van der Waals surface area (Å²) in [6.45, 7) is 0.973. The number of aliphatic hydroxyl groups excluding tert-OH is 4. The van der Waals surface area contributed by atoms with Gasteiger partial charge < -0.3 is 36.8 Å². The summed E-state index contributed by atoms with van der Waals surface area (Å²) in [5.41, 5.74) is 4.18. The normalized spacial score (nSPS) is 16.4. The average molecular weight is 333 g/mol. The molecule has 0 saturated carbocycles. The van der Waals surface area contributed by atoms with E-state index in [1.807, 2.05) is 4.98 Å². The lowest BCUT2D eigenvalue weighted by molar-refractivity contribution is -0.0715. The second-order valence-electron chi connectivity index (χ2n) is 5.21. The summed E-state index contributed by atoms with van der Waals surface area (Å²) in [7, 11) is 0. The van der Waals surface area contributed by atoms with Crippen molar-refractivity contribution < 1.29 is 20.4 Å². The highest BCUT2D eigenvalue weighted by molar-refractivity contribution is 5.62. The van der Waals surface area contributed by atoms with E-state index in [1.54, 1.807) is 6.92 Å². The van der Waals surface area contributed by atoms with Crippen LogP contribution in [0.15, 0.2) is 9.59 Å². The molecule has 23 heavy (non-hydrogen) atoms. The van der Waals surface area contributed by atoms with Crippen LogP contribution >= 0.6 is 0 Å². The maximum Gasteiger partial charge on any atom is 0.327 e. The summed E-state index contributed by atoms with van der Waals surface area (Å²) >= 11 is 0. The van der Waals surface area contributed by atoms with Gasteiger partial charge in [-0.15, -0.1) is 0 Å². The third kappa shape index (κ3) is 5.65. The number of hydrogen-bond donors (Lipinski definition) is 9. The number of hydrogen-bond acceptors (Lipinski definition) is 9. The van der Waals surface area contributed by atoms with Crippen molar-refractivity contribution in [2.75, 3.05) is 30.3 Å². The van der Waals surface area contributed by atoms with Crippen molar-refractivity contribution >= 4 is 11.5 Å². The number of nitrogens with two attached hydrogens (primary N) is 1. The van der Waals surface area contributed by atoms with E-state index >= 15 is 0 Å². The van der Waals surface area contributed by atoms with Crippen LogP contribution in [0.25, 0.3) is 0 Å². The van der Waals surface area contributed by atoms with E-state index in [-0.39, 0.29) is 30.6 Å². The molecule has 0 amide bonds. The van der Waals surface area contributed by atoms with Crippen molar-refractivity contribution in [1.82, 2.24) is 9.97 Å². The van der Waals surface area contributed by atoms with Gasteiger partial charge in [-0.2, -0.15) is 0 Å². The first-order chi connectivity index (χ1) is 10.8. The number of aromatic amines is 2. The summed E-state index contributed by atoms with van der Waals surface area (Å²) in [4.78, 5) is 27.5. The molecule has 132 valence electrons. The number of rotatable bonds is 9. The van der Waals surface area contributed by atoms with E-state index < -0.39 is 36.2 Å². The van der Waals surface area contributed by atoms with E-state index in [2.05, 4.69) is 15.6 Å². The van der Waals surface area contributed by atoms with E-state index in [0.717, 1.165) is 0 Å². The van der Waals surface area contributed by atoms with Crippen LogP contribution < -0.4 is 27.6 Å². The predicted molar refractivity (Wildman–Crippen MR) is 83.4 cm³/mol. The molecule has 0 spiro atoms. The van der Waals surface area contributed by atoms with Gasteiger partial charge in [-0.1, -0.05) is 0 Å². The number of aliphatic hydroxyl groups is 4. The van der Waals surface area contributed by atoms with E-state index in [1.165, 1.54) is 0 Å². The van der Waals surface area contributed by atoms with Gasteiger partial charge in [0.05, 0.1) is 12.7 Å². The maximum atomic E-state index is 11.8. The second kappa shape index (κ2) is 8.64. The lowest BCUT2D eigenvalue weighted by atomic mass is 10.1. The van der Waals surface area contributed by atoms with Gasteiger partial charge in [0.2, 0.25) is 0 Å². The molecular weight excluding hydrogens is 310 g/mol. The summed E-state index contributed by atoms with van der Waals surface area (Å²) in [6.07, 6.45) is -4.55. The molecule has 11 heteroatoms. The zero-order valence-electron chi connectivity index (χ0n) is 12.6. The van der Waals surface area contributed by atoms with Gasteiger partial charge in [0, 0.05) is 19.1 Å². The molecule has 1 rings (SSSR count).